The van der Waals surface area contributed by atoms with Gasteiger partial charge in [0.25, 0.3) is 11.9 Å². The van der Waals surface area contributed by atoms with Crippen LogP contribution >= 0.6 is 0 Å². The van der Waals surface area contributed by atoms with Gasteiger partial charge in [-0.1, -0.05) is 0 Å². The van der Waals surface area contributed by atoms with E-state index in [1.54, 1.807) is 37.4 Å². The summed E-state index contributed by atoms with van der Waals surface area (Å²) in [5.41, 5.74) is 2.64. The molecule has 4 rings (SSSR count). The van der Waals surface area contributed by atoms with Gasteiger partial charge < -0.3 is 19.7 Å². The van der Waals surface area contributed by atoms with Gasteiger partial charge in [0.15, 0.2) is 0 Å². The van der Waals surface area contributed by atoms with Crippen LogP contribution in [-0.4, -0.2) is 71.0 Å². The van der Waals surface area contributed by atoms with Crippen molar-refractivity contribution >= 4 is 5.91 Å². The minimum Gasteiger partial charge on any atom is -0.497 e. The quantitative estimate of drug-likeness (QED) is 0.564. The Morgan fingerprint density at radius 2 is 2.09 bits per heavy atom. The second-order valence-corrected chi connectivity index (χ2v) is 8.18. The van der Waals surface area contributed by atoms with Gasteiger partial charge >= 0.3 is 0 Å². The minimum atomic E-state index is -0.134. The molecular formula is C24H30N6O3. The summed E-state index contributed by atoms with van der Waals surface area (Å²) in [6.07, 6.45) is 6.59. The Hall–Kier alpha value is -3.46. The maximum Gasteiger partial charge on any atom is 0.254 e. The summed E-state index contributed by atoms with van der Waals surface area (Å²) in [4.78, 5) is 24.2. The van der Waals surface area contributed by atoms with E-state index in [0.717, 1.165) is 18.5 Å². The lowest BCUT2D eigenvalue weighted by Crippen LogP contribution is -2.32. The molecule has 1 saturated heterocycles. The molecule has 0 radical (unpaired) electrons. The van der Waals surface area contributed by atoms with Gasteiger partial charge in [-0.3, -0.25) is 4.79 Å². The van der Waals surface area contributed by atoms with Gasteiger partial charge in [0.05, 0.1) is 37.4 Å². The number of nitrogens with one attached hydrogen (secondary N) is 1. The molecule has 0 spiro atoms. The van der Waals surface area contributed by atoms with E-state index in [1.807, 2.05) is 25.1 Å². The number of carbonyl (C=O) groups is 1. The lowest BCUT2D eigenvalue weighted by molar-refractivity contribution is 0.0949. The molecule has 0 aliphatic carbocycles. The molecule has 174 valence electrons. The standard InChI is InChI=1S/C24H30N6O3/c1-16-20(23(31)25-11-9-17-6-5-13-29(17)2)15-27-30(16)24-26-12-10-21(28-24)19-14-18(32-3)7-8-22(19)33-4/h7-8,10,12,14-15,17H,5-6,9,11,13H2,1-4H3,(H,25,31). The number of methoxy groups -OCH3 is 2. The van der Waals surface area contributed by atoms with Crippen LogP contribution in [0.5, 0.6) is 11.5 Å². The summed E-state index contributed by atoms with van der Waals surface area (Å²) in [5, 5.41) is 7.41. The third kappa shape index (κ3) is 4.83. The highest BCUT2D eigenvalue weighted by atomic mass is 16.5. The first-order chi connectivity index (χ1) is 16.0. The van der Waals surface area contributed by atoms with Crippen molar-refractivity contribution in [3.63, 3.8) is 0 Å². The van der Waals surface area contributed by atoms with Crippen molar-refractivity contribution < 1.29 is 14.3 Å². The van der Waals surface area contributed by atoms with E-state index in [0.29, 0.717) is 47.0 Å². The zero-order valence-corrected chi connectivity index (χ0v) is 19.5. The smallest absolute Gasteiger partial charge is 0.254 e. The second kappa shape index (κ2) is 9.99. The number of rotatable bonds is 8. The fourth-order valence-corrected chi connectivity index (χ4v) is 4.24. The molecule has 1 amide bonds. The van der Waals surface area contributed by atoms with Gasteiger partial charge in [0, 0.05) is 24.3 Å². The predicted octanol–water partition coefficient (Wildman–Crippen LogP) is 2.87. The Kier molecular flexibility index (Phi) is 6.88. The highest BCUT2D eigenvalue weighted by Crippen LogP contribution is 2.32. The fourth-order valence-electron chi connectivity index (χ4n) is 4.24. The van der Waals surface area contributed by atoms with E-state index in [9.17, 15) is 4.79 Å². The third-order valence-corrected chi connectivity index (χ3v) is 6.20. The highest BCUT2D eigenvalue weighted by Gasteiger charge is 2.21. The number of ether oxygens (including phenoxy) is 2. The lowest BCUT2D eigenvalue weighted by atomic mass is 10.1. The Labute approximate surface area is 193 Å². The topological polar surface area (TPSA) is 94.4 Å². The van der Waals surface area contributed by atoms with Crippen LogP contribution in [0, 0.1) is 6.92 Å². The van der Waals surface area contributed by atoms with E-state index >= 15 is 0 Å². The van der Waals surface area contributed by atoms with Gasteiger partial charge in [0.1, 0.15) is 11.5 Å². The first-order valence-electron chi connectivity index (χ1n) is 11.1. The molecule has 0 saturated carbocycles. The molecule has 1 aromatic carbocycles. The molecule has 33 heavy (non-hydrogen) atoms. The molecule has 1 unspecified atom stereocenters. The molecule has 9 heteroatoms. The van der Waals surface area contributed by atoms with E-state index in [4.69, 9.17) is 9.47 Å². The Bertz CT molecular complexity index is 1130. The van der Waals surface area contributed by atoms with Gasteiger partial charge in [-0.25, -0.2) is 14.6 Å². The molecule has 9 nitrogen and oxygen atoms in total. The van der Waals surface area contributed by atoms with Crippen molar-refractivity contribution in [2.45, 2.75) is 32.2 Å². The van der Waals surface area contributed by atoms with E-state index < -0.39 is 0 Å². The zero-order valence-electron chi connectivity index (χ0n) is 19.5. The van der Waals surface area contributed by atoms with Crippen LogP contribution in [0.15, 0.2) is 36.7 Å². The molecule has 1 N–H and O–H groups in total. The molecule has 1 fully saturated rings. The Morgan fingerprint density at radius 1 is 1.24 bits per heavy atom. The fraction of sp³-hybridized carbons (Fsp3) is 0.417. The van der Waals surface area contributed by atoms with Crippen molar-refractivity contribution in [1.82, 2.24) is 30.0 Å². The molecule has 2 aromatic heterocycles. The van der Waals surface area contributed by atoms with Crippen LogP contribution in [0.2, 0.25) is 0 Å². The minimum absolute atomic E-state index is 0.134. The average molecular weight is 451 g/mol. The summed E-state index contributed by atoms with van der Waals surface area (Å²) < 4.78 is 12.4. The summed E-state index contributed by atoms with van der Waals surface area (Å²) in [5.74, 6) is 1.61. The zero-order chi connectivity index (χ0) is 23.4. The van der Waals surface area contributed by atoms with Crippen molar-refractivity contribution in [2.75, 3.05) is 34.4 Å². The number of nitrogens with zero attached hydrogens (tertiary/aromatic N) is 5. The van der Waals surface area contributed by atoms with Gasteiger partial charge in [-0.15, -0.1) is 0 Å². The maximum atomic E-state index is 12.8. The van der Waals surface area contributed by atoms with E-state index in [1.165, 1.54) is 12.8 Å². The van der Waals surface area contributed by atoms with Crippen molar-refractivity contribution in [3.05, 3.63) is 47.9 Å². The number of benzene rings is 1. The summed E-state index contributed by atoms with van der Waals surface area (Å²) in [6.45, 7) is 3.61. The van der Waals surface area contributed by atoms with Crippen molar-refractivity contribution in [1.29, 1.82) is 0 Å². The number of carbonyl (C=O) groups excluding carboxylic acids is 1. The predicted molar refractivity (Wildman–Crippen MR) is 125 cm³/mol. The number of hydrogen-bond acceptors (Lipinski definition) is 7. The number of likely N-dealkylation sites (tertiary alicyclic amines) is 1. The maximum absolute atomic E-state index is 12.8. The SMILES string of the molecule is COc1ccc(OC)c(-c2ccnc(-n3ncc(C(=O)NCCC4CCCN4C)c3C)n2)c1. The molecule has 1 aliphatic heterocycles. The highest BCUT2D eigenvalue weighted by molar-refractivity contribution is 5.95. The van der Waals surface area contributed by atoms with Gasteiger partial charge in [0.2, 0.25) is 0 Å². The summed E-state index contributed by atoms with van der Waals surface area (Å²) >= 11 is 0. The summed E-state index contributed by atoms with van der Waals surface area (Å²) in [7, 11) is 5.37. The van der Waals surface area contributed by atoms with Crippen LogP contribution in [0.1, 0.15) is 35.3 Å². The first-order valence-corrected chi connectivity index (χ1v) is 11.1. The normalized spacial score (nSPS) is 16.1. The van der Waals surface area contributed by atoms with E-state index in [2.05, 4.69) is 32.3 Å². The third-order valence-electron chi connectivity index (χ3n) is 6.20. The molecule has 0 bridgehead atoms. The van der Waals surface area contributed by atoms with Crippen LogP contribution in [-0.2, 0) is 0 Å². The Balaban J connectivity index is 1.52. The first kappa shape index (κ1) is 22.7. The van der Waals surface area contributed by atoms with Crippen LogP contribution in [0.3, 0.4) is 0 Å². The van der Waals surface area contributed by atoms with Crippen molar-refractivity contribution in [2.24, 2.45) is 0 Å². The second-order valence-electron chi connectivity index (χ2n) is 8.18. The average Bonchev–Trinajstić information content (AvgIpc) is 3.43. The largest absolute Gasteiger partial charge is 0.497 e. The molecular weight excluding hydrogens is 420 g/mol. The number of aromatic nitrogens is 4. The molecule has 1 aliphatic rings. The number of hydrogen-bond donors (Lipinski definition) is 1. The molecule has 3 aromatic rings. The van der Waals surface area contributed by atoms with Gasteiger partial charge in [-0.05, 0) is 64.0 Å². The molecule has 3 heterocycles. The van der Waals surface area contributed by atoms with Crippen LogP contribution in [0.25, 0.3) is 17.2 Å². The summed E-state index contributed by atoms with van der Waals surface area (Å²) in [6, 6.07) is 7.87. The Morgan fingerprint density at radius 3 is 2.82 bits per heavy atom. The van der Waals surface area contributed by atoms with Gasteiger partial charge in [-0.2, -0.15) is 5.10 Å². The monoisotopic (exact) mass is 450 g/mol. The van der Waals surface area contributed by atoms with Crippen LogP contribution in [0.4, 0.5) is 0 Å². The van der Waals surface area contributed by atoms with Crippen molar-refractivity contribution in [3.8, 4) is 28.7 Å². The molecule has 1 atom stereocenters. The van der Waals surface area contributed by atoms with Crippen LogP contribution < -0.4 is 14.8 Å². The van der Waals surface area contributed by atoms with E-state index in [-0.39, 0.29) is 5.91 Å². The number of amides is 1. The lowest BCUT2D eigenvalue weighted by Gasteiger charge is -2.19.